The molecule has 0 spiro atoms. The van der Waals surface area contributed by atoms with Crippen molar-refractivity contribution in [2.75, 3.05) is 11.9 Å². The van der Waals surface area contributed by atoms with Gasteiger partial charge in [0.1, 0.15) is 0 Å². The van der Waals surface area contributed by atoms with Crippen LogP contribution in [0.4, 0.5) is 5.69 Å². The maximum absolute atomic E-state index is 12.5. The highest BCUT2D eigenvalue weighted by atomic mass is 16.5. The zero-order chi connectivity index (χ0) is 20.8. The number of carbonyl (C=O) groups excluding carboxylic acids is 2. The van der Waals surface area contributed by atoms with Gasteiger partial charge in [0.15, 0.2) is 6.61 Å². The molecule has 29 heavy (non-hydrogen) atoms. The number of hydrogen-bond acceptors (Lipinski definition) is 3. The molecule has 0 aliphatic rings. The fraction of sp³-hybridized carbons (Fsp3) is 0.250. The molecular formula is C24H26N2O3. The average molecular weight is 390 g/mol. The molecule has 0 atom stereocenters. The van der Waals surface area contributed by atoms with Gasteiger partial charge in [-0.2, -0.15) is 0 Å². The minimum Gasteiger partial charge on any atom is -0.452 e. The first-order valence-electron chi connectivity index (χ1n) is 9.75. The second-order valence-electron chi connectivity index (χ2n) is 6.99. The smallest absolute Gasteiger partial charge is 0.340 e. The van der Waals surface area contributed by atoms with Gasteiger partial charge in [0.25, 0.3) is 5.91 Å². The fourth-order valence-electron chi connectivity index (χ4n) is 3.36. The normalized spacial score (nSPS) is 10.6. The molecule has 0 aliphatic heterocycles. The molecule has 0 fully saturated rings. The van der Waals surface area contributed by atoms with E-state index in [9.17, 15) is 9.59 Å². The van der Waals surface area contributed by atoms with E-state index in [2.05, 4.69) is 22.0 Å². The zero-order valence-corrected chi connectivity index (χ0v) is 17.1. The summed E-state index contributed by atoms with van der Waals surface area (Å²) in [6.45, 7) is 6.24. The third kappa shape index (κ3) is 4.93. The Kier molecular flexibility index (Phi) is 6.50. The number of ether oxygens (including phenoxy) is 1. The van der Waals surface area contributed by atoms with Crippen molar-refractivity contribution in [1.29, 1.82) is 0 Å². The molecule has 1 N–H and O–H groups in total. The highest BCUT2D eigenvalue weighted by Gasteiger charge is 2.18. The summed E-state index contributed by atoms with van der Waals surface area (Å²) < 4.78 is 7.34. The number of amides is 1. The lowest BCUT2D eigenvalue weighted by molar-refractivity contribution is -0.119. The summed E-state index contributed by atoms with van der Waals surface area (Å²) in [5.74, 6) is -0.839. The van der Waals surface area contributed by atoms with Crippen LogP contribution in [0.3, 0.4) is 0 Å². The second kappa shape index (κ2) is 9.24. The molecule has 5 nitrogen and oxygen atoms in total. The van der Waals surface area contributed by atoms with Gasteiger partial charge in [-0.1, -0.05) is 55.5 Å². The molecular weight excluding hydrogens is 364 g/mol. The van der Waals surface area contributed by atoms with Gasteiger partial charge >= 0.3 is 5.97 Å². The molecule has 0 bridgehead atoms. The highest BCUT2D eigenvalue weighted by molar-refractivity contribution is 5.96. The maximum atomic E-state index is 12.5. The van der Waals surface area contributed by atoms with Crippen LogP contribution in [0.25, 0.3) is 0 Å². The Morgan fingerprint density at radius 2 is 1.69 bits per heavy atom. The van der Waals surface area contributed by atoms with Crippen molar-refractivity contribution in [1.82, 2.24) is 4.57 Å². The summed E-state index contributed by atoms with van der Waals surface area (Å²) >= 11 is 0. The zero-order valence-electron chi connectivity index (χ0n) is 17.1. The molecule has 1 aromatic heterocycles. The van der Waals surface area contributed by atoms with Crippen LogP contribution in [0.15, 0.2) is 60.7 Å². The van der Waals surface area contributed by atoms with Gasteiger partial charge in [-0.05, 0) is 43.5 Å². The lowest BCUT2D eigenvalue weighted by Crippen LogP contribution is -2.21. The van der Waals surface area contributed by atoms with Crippen LogP contribution >= 0.6 is 0 Å². The van der Waals surface area contributed by atoms with Crippen LogP contribution < -0.4 is 5.32 Å². The average Bonchev–Trinajstić information content (AvgIpc) is 3.01. The van der Waals surface area contributed by atoms with E-state index >= 15 is 0 Å². The highest BCUT2D eigenvalue weighted by Crippen LogP contribution is 2.19. The molecule has 5 heteroatoms. The largest absolute Gasteiger partial charge is 0.452 e. The minimum atomic E-state index is -0.490. The summed E-state index contributed by atoms with van der Waals surface area (Å²) in [6.07, 6.45) is 0.809. The Morgan fingerprint density at radius 3 is 2.41 bits per heavy atom. The van der Waals surface area contributed by atoms with E-state index in [-0.39, 0.29) is 12.5 Å². The van der Waals surface area contributed by atoms with Gasteiger partial charge in [-0.25, -0.2) is 4.79 Å². The van der Waals surface area contributed by atoms with Crippen molar-refractivity contribution < 1.29 is 14.3 Å². The van der Waals surface area contributed by atoms with Gasteiger partial charge in [-0.15, -0.1) is 0 Å². The van der Waals surface area contributed by atoms with Crippen LogP contribution in [0, 0.1) is 13.8 Å². The van der Waals surface area contributed by atoms with Crippen molar-refractivity contribution in [2.24, 2.45) is 0 Å². The van der Waals surface area contributed by atoms with E-state index in [1.165, 1.54) is 0 Å². The van der Waals surface area contributed by atoms with Crippen LogP contribution in [0.2, 0.25) is 0 Å². The van der Waals surface area contributed by atoms with Crippen molar-refractivity contribution in [3.05, 3.63) is 88.7 Å². The van der Waals surface area contributed by atoms with Crippen molar-refractivity contribution in [3.8, 4) is 0 Å². The molecule has 0 aliphatic carbocycles. The van der Waals surface area contributed by atoms with Gasteiger partial charge in [0.2, 0.25) is 0 Å². The van der Waals surface area contributed by atoms with E-state index in [1.54, 1.807) is 0 Å². The summed E-state index contributed by atoms with van der Waals surface area (Å²) in [7, 11) is 0. The first kappa shape index (κ1) is 20.4. The Hall–Kier alpha value is -3.34. The Balaban J connectivity index is 1.63. The number of nitrogens with zero attached hydrogens (tertiary/aromatic N) is 1. The van der Waals surface area contributed by atoms with Gasteiger partial charge in [0, 0.05) is 23.6 Å². The molecule has 2 aromatic carbocycles. The number of para-hydroxylation sites is 1. The first-order valence-corrected chi connectivity index (χ1v) is 9.75. The molecule has 1 heterocycles. The van der Waals surface area contributed by atoms with E-state index in [1.807, 2.05) is 69.3 Å². The summed E-state index contributed by atoms with van der Waals surface area (Å²) in [5.41, 5.74) is 5.23. The van der Waals surface area contributed by atoms with Crippen LogP contribution in [0.1, 0.15) is 39.8 Å². The van der Waals surface area contributed by atoms with Crippen LogP contribution in [-0.2, 0) is 22.5 Å². The Bertz CT molecular complexity index is 1010. The number of hydrogen-bond donors (Lipinski definition) is 1. The summed E-state index contributed by atoms with van der Waals surface area (Å²) in [5, 5.41) is 2.81. The number of rotatable bonds is 7. The van der Waals surface area contributed by atoms with Crippen molar-refractivity contribution in [3.63, 3.8) is 0 Å². The van der Waals surface area contributed by atoms with E-state index in [0.29, 0.717) is 12.1 Å². The molecule has 0 saturated heterocycles. The maximum Gasteiger partial charge on any atom is 0.340 e. The minimum absolute atomic E-state index is 0.320. The van der Waals surface area contributed by atoms with Crippen LogP contribution in [-0.4, -0.2) is 23.1 Å². The Morgan fingerprint density at radius 1 is 1.00 bits per heavy atom. The summed E-state index contributed by atoms with van der Waals surface area (Å²) in [4.78, 5) is 24.8. The van der Waals surface area contributed by atoms with Gasteiger partial charge in [0.05, 0.1) is 5.56 Å². The number of aromatic nitrogens is 1. The first-order chi connectivity index (χ1) is 14.0. The van der Waals surface area contributed by atoms with E-state index < -0.39 is 5.97 Å². The lowest BCUT2D eigenvalue weighted by atomic mass is 10.1. The van der Waals surface area contributed by atoms with Crippen molar-refractivity contribution >= 4 is 17.6 Å². The summed E-state index contributed by atoms with van der Waals surface area (Å²) in [6, 6.07) is 19.5. The predicted octanol–water partition coefficient (Wildman–Crippen LogP) is 4.51. The molecule has 0 radical (unpaired) electrons. The lowest BCUT2D eigenvalue weighted by Gasteiger charge is -2.11. The quantitative estimate of drug-likeness (QED) is 0.604. The Labute approximate surface area is 171 Å². The molecule has 3 rings (SSSR count). The van der Waals surface area contributed by atoms with Crippen molar-refractivity contribution in [2.45, 2.75) is 33.7 Å². The second-order valence-corrected chi connectivity index (χ2v) is 6.99. The predicted molar refractivity (Wildman–Crippen MR) is 114 cm³/mol. The molecule has 150 valence electrons. The number of aryl methyl sites for hydroxylation is 2. The molecule has 0 unspecified atom stereocenters. The fourth-order valence-corrected chi connectivity index (χ4v) is 3.36. The number of esters is 1. The van der Waals surface area contributed by atoms with Crippen LogP contribution in [0.5, 0.6) is 0 Å². The molecule has 1 amide bonds. The third-order valence-electron chi connectivity index (χ3n) is 4.98. The monoisotopic (exact) mass is 390 g/mol. The number of benzene rings is 2. The van der Waals surface area contributed by atoms with Gasteiger partial charge in [-0.3, -0.25) is 4.79 Å². The van der Waals surface area contributed by atoms with E-state index in [0.717, 1.165) is 34.6 Å². The SMILES string of the molecule is CCc1ccccc1NC(=O)COC(=O)c1cc(C)n(Cc2ccccc2)c1C. The third-order valence-corrected chi connectivity index (χ3v) is 4.98. The molecule has 3 aromatic rings. The number of carbonyl (C=O) groups is 2. The number of nitrogens with one attached hydrogen (secondary N) is 1. The molecule has 0 saturated carbocycles. The van der Waals surface area contributed by atoms with Gasteiger partial charge < -0.3 is 14.6 Å². The van der Waals surface area contributed by atoms with E-state index in [4.69, 9.17) is 4.74 Å². The standard InChI is InChI=1S/C24H26N2O3/c1-4-20-12-8-9-13-22(20)25-23(27)16-29-24(28)21-14-17(2)26(18(21)3)15-19-10-6-5-7-11-19/h5-14H,4,15-16H2,1-3H3,(H,25,27). The topological polar surface area (TPSA) is 60.3 Å². The number of anilines is 1.